The first-order valence-electron chi connectivity index (χ1n) is 6.44. The summed E-state index contributed by atoms with van der Waals surface area (Å²) in [5.74, 6) is -0.210. The van der Waals surface area contributed by atoms with Crippen LogP contribution >= 0.6 is 0 Å². The molecule has 0 heterocycles. The smallest absolute Gasteiger partial charge is 0.317 e. The van der Waals surface area contributed by atoms with Crippen LogP contribution in [0.15, 0.2) is 24.3 Å². The number of aliphatic hydroxyl groups is 1. The van der Waals surface area contributed by atoms with E-state index in [1.165, 1.54) is 11.0 Å². The van der Waals surface area contributed by atoms with Gasteiger partial charge in [-0.1, -0.05) is 18.2 Å². The zero-order valence-electron chi connectivity index (χ0n) is 11.0. The van der Waals surface area contributed by atoms with Gasteiger partial charge in [0, 0.05) is 25.6 Å². The van der Waals surface area contributed by atoms with Gasteiger partial charge in [-0.05, 0) is 24.5 Å². The molecule has 104 valence electrons. The Balaban J connectivity index is 1.96. The van der Waals surface area contributed by atoms with Crippen LogP contribution in [0.25, 0.3) is 0 Å². The second-order valence-corrected chi connectivity index (χ2v) is 5.06. The molecule has 0 atom stereocenters. The largest absolute Gasteiger partial charge is 0.395 e. The monoisotopic (exact) mass is 266 g/mol. The highest BCUT2D eigenvalue weighted by atomic mass is 19.1. The fourth-order valence-corrected chi connectivity index (χ4v) is 2.21. The molecule has 2 amide bonds. The standard InChI is InChI=1S/C14H19FN2O2/c1-17(8-9-18)13(19)16-10-14(6-7-14)11-4-2-3-5-12(11)15/h2-5,18H,6-10H2,1H3,(H,16,19). The summed E-state index contributed by atoms with van der Waals surface area (Å²) < 4.78 is 13.8. The molecule has 1 aliphatic carbocycles. The minimum atomic E-state index is -0.249. The van der Waals surface area contributed by atoms with E-state index in [0.29, 0.717) is 18.7 Å². The molecule has 0 spiro atoms. The van der Waals surface area contributed by atoms with Crippen LogP contribution in [-0.2, 0) is 5.41 Å². The van der Waals surface area contributed by atoms with E-state index in [-0.39, 0.29) is 23.9 Å². The maximum atomic E-state index is 13.8. The summed E-state index contributed by atoms with van der Waals surface area (Å²) in [4.78, 5) is 13.1. The van der Waals surface area contributed by atoms with Gasteiger partial charge in [0.1, 0.15) is 5.82 Å². The molecular weight excluding hydrogens is 247 g/mol. The Morgan fingerprint density at radius 3 is 2.74 bits per heavy atom. The molecule has 19 heavy (non-hydrogen) atoms. The van der Waals surface area contributed by atoms with Crippen molar-refractivity contribution in [3.05, 3.63) is 35.6 Å². The fraction of sp³-hybridized carbons (Fsp3) is 0.500. The van der Waals surface area contributed by atoms with Gasteiger partial charge in [0.15, 0.2) is 0 Å². The van der Waals surface area contributed by atoms with Crippen molar-refractivity contribution in [2.24, 2.45) is 0 Å². The summed E-state index contributed by atoms with van der Waals surface area (Å²) in [5, 5.41) is 11.6. The van der Waals surface area contributed by atoms with Crippen molar-refractivity contribution in [1.82, 2.24) is 10.2 Å². The van der Waals surface area contributed by atoms with Crippen LogP contribution < -0.4 is 5.32 Å². The highest BCUT2D eigenvalue weighted by Gasteiger charge is 2.46. The number of carbonyl (C=O) groups excluding carboxylic acids is 1. The van der Waals surface area contributed by atoms with E-state index in [1.54, 1.807) is 19.2 Å². The zero-order valence-corrected chi connectivity index (χ0v) is 11.0. The number of nitrogens with one attached hydrogen (secondary N) is 1. The van der Waals surface area contributed by atoms with E-state index in [4.69, 9.17) is 5.11 Å². The molecule has 1 aromatic carbocycles. The third kappa shape index (κ3) is 3.04. The number of urea groups is 1. The number of halogens is 1. The molecule has 2 N–H and O–H groups in total. The molecule has 0 unspecified atom stereocenters. The van der Waals surface area contributed by atoms with Gasteiger partial charge < -0.3 is 15.3 Å². The predicted octanol–water partition coefficient (Wildman–Crippen LogP) is 1.49. The number of hydrogen-bond acceptors (Lipinski definition) is 2. The van der Waals surface area contributed by atoms with Crippen LogP contribution in [0.1, 0.15) is 18.4 Å². The Morgan fingerprint density at radius 1 is 1.47 bits per heavy atom. The van der Waals surface area contributed by atoms with Crippen LogP contribution in [-0.4, -0.2) is 42.8 Å². The van der Waals surface area contributed by atoms with Gasteiger partial charge in [-0.15, -0.1) is 0 Å². The lowest BCUT2D eigenvalue weighted by Crippen LogP contribution is -2.42. The summed E-state index contributed by atoms with van der Waals surface area (Å²) in [6, 6.07) is 6.48. The minimum absolute atomic E-state index is 0.0671. The van der Waals surface area contributed by atoms with Gasteiger partial charge in [-0.3, -0.25) is 0 Å². The van der Waals surface area contributed by atoms with Gasteiger partial charge in [0.2, 0.25) is 0 Å². The number of benzene rings is 1. The summed E-state index contributed by atoms with van der Waals surface area (Å²) >= 11 is 0. The quantitative estimate of drug-likeness (QED) is 0.848. The Bertz CT molecular complexity index is 461. The van der Waals surface area contributed by atoms with Crippen molar-refractivity contribution in [2.45, 2.75) is 18.3 Å². The SMILES string of the molecule is CN(CCO)C(=O)NCC1(c2ccccc2F)CC1. The number of carbonyl (C=O) groups is 1. The van der Waals surface area contributed by atoms with E-state index >= 15 is 0 Å². The number of nitrogens with zero attached hydrogens (tertiary/aromatic N) is 1. The average Bonchev–Trinajstić information content (AvgIpc) is 3.18. The van der Waals surface area contributed by atoms with Gasteiger partial charge >= 0.3 is 6.03 Å². The molecule has 1 fully saturated rings. The first kappa shape index (κ1) is 13.8. The summed E-state index contributed by atoms with van der Waals surface area (Å²) in [6.45, 7) is 0.656. The Morgan fingerprint density at radius 2 is 2.16 bits per heavy atom. The first-order valence-corrected chi connectivity index (χ1v) is 6.44. The van der Waals surface area contributed by atoms with Crippen LogP contribution in [0, 0.1) is 5.82 Å². The number of rotatable bonds is 5. The topological polar surface area (TPSA) is 52.6 Å². The average molecular weight is 266 g/mol. The molecular formula is C14H19FN2O2. The Labute approximate surface area is 112 Å². The normalized spacial score (nSPS) is 15.9. The second-order valence-electron chi connectivity index (χ2n) is 5.06. The Hall–Kier alpha value is -1.62. The highest BCUT2D eigenvalue weighted by molar-refractivity contribution is 5.74. The lowest BCUT2D eigenvalue weighted by atomic mass is 9.95. The number of hydrogen-bond donors (Lipinski definition) is 2. The fourth-order valence-electron chi connectivity index (χ4n) is 2.21. The highest BCUT2D eigenvalue weighted by Crippen LogP contribution is 2.48. The third-order valence-electron chi connectivity index (χ3n) is 3.66. The molecule has 4 nitrogen and oxygen atoms in total. The molecule has 1 aromatic rings. The van der Waals surface area contributed by atoms with Crippen LogP contribution in [0.3, 0.4) is 0 Å². The molecule has 0 radical (unpaired) electrons. The molecule has 0 saturated heterocycles. The van der Waals surface area contributed by atoms with Crippen LogP contribution in [0.5, 0.6) is 0 Å². The van der Waals surface area contributed by atoms with Gasteiger partial charge in [0.25, 0.3) is 0 Å². The lowest BCUT2D eigenvalue weighted by Gasteiger charge is -2.21. The van der Waals surface area contributed by atoms with Crippen molar-refractivity contribution in [2.75, 3.05) is 26.7 Å². The van der Waals surface area contributed by atoms with E-state index in [1.807, 2.05) is 6.07 Å². The number of likely N-dealkylation sites (N-methyl/N-ethyl adjacent to an activating group) is 1. The summed E-state index contributed by atoms with van der Waals surface area (Å²) in [7, 11) is 1.62. The van der Waals surface area contributed by atoms with Crippen molar-refractivity contribution < 1.29 is 14.3 Å². The maximum Gasteiger partial charge on any atom is 0.317 e. The molecule has 5 heteroatoms. The van der Waals surface area contributed by atoms with Crippen molar-refractivity contribution >= 4 is 6.03 Å². The predicted molar refractivity (Wildman–Crippen MR) is 70.4 cm³/mol. The van der Waals surface area contributed by atoms with Gasteiger partial charge in [-0.2, -0.15) is 0 Å². The molecule has 1 saturated carbocycles. The molecule has 0 aliphatic heterocycles. The van der Waals surface area contributed by atoms with E-state index in [9.17, 15) is 9.18 Å². The summed E-state index contributed by atoms with van der Waals surface area (Å²) in [5.41, 5.74) is 0.432. The van der Waals surface area contributed by atoms with Crippen LogP contribution in [0.4, 0.5) is 9.18 Å². The minimum Gasteiger partial charge on any atom is -0.395 e. The molecule has 0 aromatic heterocycles. The van der Waals surface area contributed by atoms with E-state index in [0.717, 1.165) is 12.8 Å². The first-order chi connectivity index (χ1) is 9.09. The van der Waals surface area contributed by atoms with Gasteiger partial charge in [0.05, 0.1) is 6.61 Å². The second kappa shape index (κ2) is 5.57. The maximum absolute atomic E-state index is 13.8. The molecule has 2 rings (SSSR count). The van der Waals surface area contributed by atoms with Crippen molar-refractivity contribution in [1.29, 1.82) is 0 Å². The zero-order chi connectivity index (χ0) is 13.9. The molecule has 0 bridgehead atoms. The number of amides is 2. The lowest BCUT2D eigenvalue weighted by molar-refractivity contribution is 0.189. The van der Waals surface area contributed by atoms with Crippen molar-refractivity contribution in [3.63, 3.8) is 0 Å². The summed E-state index contributed by atoms with van der Waals surface area (Å²) in [6.07, 6.45) is 1.77. The third-order valence-corrected chi connectivity index (χ3v) is 3.66. The number of aliphatic hydroxyl groups excluding tert-OH is 1. The van der Waals surface area contributed by atoms with E-state index in [2.05, 4.69) is 5.32 Å². The van der Waals surface area contributed by atoms with E-state index < -0.39 is 0 Å². The van der Waals surface area contributed by atoms with Crippen LogP contribution in [0.2, 0.25) is 0 Å². The van der Waals surface area contributed by atoms with Crippen molar-refractivity contribution in [3.8, 4) is 0 Å². The Kier molecular flexibility index (Phi) is 4.04. The van der Waals surface area contributed by atoms with Gasteiger partial charge in [-0.25, -0.2) is 9.18 Å². The molecule has 1 aliphatic rings.